The van der Waals surface area contributed by atoms with Crippen LogP contribution in [0.5, 0.6) is 0 Å². The molecule has 0 unspecified atom stereocenters. The van der Waals surface area contributed by atoms with Gasteiger partial charge in [-0.1, -0.05) is 11.6 Å². The van der Waals surface area contributed by atoms with Crippen molar-refractivity contribution in [3.63, 3.8) is 0 Å². The molecule has 0 atom stereocenters. The quantitative estimate of drug-likeness (QED) is 0.571. The van der Waals surface area contributed by atoms with Gasteiger partial charge in [0.25, 0.3) is 0 Å². The minimum Gasteiger partial charge on any atom is -0.281 e. The highest BCUT2D eigenvalue weighted by atomic mass is 79.9. The average Bonchev–Trinajstić information content (AvgIpc) is 2.52. The number of fused-ring (bicyclic) bond motifs is 1. The molecular formula is C13H5BrClF2N4O2. The summed E-state index contributed by atoms with van der Waals surface area (Å²) in [6.07, 6.45) is 1.29. The van der Waals surface area contributed by atoms with E-state index in [1.165, 1.54) is 6.20 Å². The van der Waals surface area contributed by atoms with Crippen molar-refractivity contribution in [1.29, 1.82) is 0 Å². The van der Waals surface area contributed by atoms with E-state index < -0.39 is 35.0 Å². The van der Waals surface area contributed by atoms with Gasteiger partial charge in [-0.25, -0.2) is 18.7 Å². The molecule has 6 nitrogen and oxygen atoms in total. The lowest BCUT2D eigenvalue weighted by atomic mass is 10.1. The van der Waals surface area contributed by atoms with Gasteiger partial charge in [0.05, 0.1) is 17.8 Å². The smallest absolute Gasteiger partial charge is 0.281 e. The fraction of sp³-hybridized carbons (Fsp3) is 0.0769. The minimum absolute atomic E-state index is 0.0521. The van der Waals surface area contributed by atoms with Crippen LogP contribution >= 0.6 is 27.5 Å². The van der Waals surface area contributed by atoms with Crippen LogP contribution in [0.15, 0.2) is 22.9 Å². The Morgan fingerprint density at radius 3 is 2.65 bits per heavy atom. The van der Waals surface area contributed by atoms with E-state index in [-0.39, 0.29) is 21.8 Å². The summed E-state index contributed by atoms with van der Waals surface area (Å²) in [5, 5.41) is 3.02. The summed E-state index contributed by atoms with van der Waals surface area (Å²) in [4.78, 5) is 32.4. The van der Waals surface area contributed by atoms with Gasteiger partial charge < -0.3 is 0 Å². The van der Waals surface area contributed by atoms with Crippen molar-refractivity contribution in [1.82, 2.24) is 15.3 Å². The summed E-state index contributed by atoms with van der Waals surface area (Å²) >= 11 is 8.83. The van der Waals surface area contributed by atoms with E-state index in [9.17, 15) is 18.4 Å². The molecule has 1 aromatic carbocycles. The molecule has 117 valence electrons. The Labute approximate surface area is 141 Å². The van der Waals surface area contributed by atoms with Crippen LogP contribution in [0.4, 0.5) is 20.4 Å². The maximum Gasteiger partial charge on any atom is 0.337 e. The predicted molar refractivity (Wildman–Crippen MR) is 79.1 cm³/mol. The molecule has 10 heteroatoms. The van der Waals surface area contributed by atoms with Crippen LogP contribution in [0.2, 0.25) is 5.02 Å². The fourth-order valence-electron chi connectivity index (χ4n) is 1.99. The molecular weight excluding hydrogens is 398 g/mol. The third kappa shape index (κ3) is 2.77. The van der Waals surface area contributed by atoms with Gasteiger partial charge in [-0.3, -0.25) is 14.5 Å². The first-order valence-electron chi connectivity index (χ1n) is 6.11. The lowest BCUT2D eigenvalue weighted by Crippen LogP contribution is -2.44. The van der Waals surface area contributed by atoms with Gasteiger partial charge in [0.2, 0.25) is 0 Å². The maximum absolute atomic E-state index is 13.9. The monoisotopic (exact) mass is 401 g/mol. The zero-order valence-corrected chi connectivity index (χ0v) is 13.4. The first kappa shape index (κ1) is 15.8. The molecule has 0 N–H and O–H groups in total. The molecule has 0 aliphatic carbocycles. The minimum atomic E-state index is -1.08. The SMILES string of the molecule is O=C1[N]c2ncc(Br)nc2N(Cc2c(F)ccc(F)c2Cl)C1=O. The van der Waals surface area contributed by atoms with Crippen LogP contribution in [0.3, 0.4) is 0 Å². The van der Waals surface area contributed by atoms with Crippen molar-refractivity contribution in [2.24, 2.45) is 0 Å². The van der Waals surface area contributed by atoms with Crippen molar-refractivity contribution in [3.05, 3.63) is 45.2 Å². The molecule has 1 aliphatic heterocycles. The molecule has 1 radical (unpaired) electrons. The van der Waals surface area contributed by atoms with Crippen LogP contribution in [-0.2, 0) is 16.1 Å². The summed E-state index contributed by atoms with van der Waals surface area (Å²) in [6.45, 7) is -0.485. The molecule has 2 aromatic rings. The third-order valence-electron chi connectivity index (χ3n) is 3.05. The molecule has 0 saturated carbocycles. The summed E-state index contributed by atoms with van der Waals surface area (Å²) in [6, 6.07) is 1.74. The van der Waals surface area contributed by atoms with Gasteiger partial charge in [-0.05, 0) is 28.1 Å². The number of benzene rings is 1. The second kappa shape index (κ2) is 5.82. The highest BCUT2D eigenvalue weighted by Crippen LogP contribution is 2.31. The molecule has 1 aliphatic rings. The van der Waals surface area contributed by atoms with Crippen molar-refractivity contribution < 1.29 is 18.4 Å². The number of carbonyl (C=O) groups excluding carboxylic acids is 2. The number of hydrogen-bond acceptors (Lipinski definition) is 4. The number of nitrogens with zero attached hydrogens (tertiary/aromatic N) is 4. The van der Waals surface area contributed by atoms with E-state index in [1.54, 1.807) is 0 Å². The number of anilines is 1. The Bertz CT molecular complexity index is 849. The second-order valence-electron chi connectivity index (χ2n) is 4.47. The third-order valence-corrected chi connectivity index (χ3v) is 3.84. The van der Waals surface area contributed by atoms with Crippen molar-refractivity contribution in [3.8, 4) is 0 Å². The largest absolute Gasteiger partial charge is 0.337 e. The van der Waals surface area contributed by atoms with Crippen LogP contribution in [-0.4, -0.2) is 21.8 Å². The Hall–Kier alpha value is -2.13. The van der Waals surface area contributed by atoms with Gasteiger partial charge in [-0.15, -0.1) is 0 Å². The topological polar surface area (TPSA) is 77.3 Å². The predicted octanol–water partition coefficient (Wildman–Crippen LogP) is 2.48. The van der Waals surface area contributed by atoms with E-state index in [1.807, 2.05) is 0 Å². The second-order valence-corrected chi connectivity index (χ2v) is 5.66. The zero-order valence-electron chi connectivity index (χ0n) is 11.1. The van der Waals surface area contributed by atoms with Crippen LogP contribution < -0.4 is 10.2 Å². The normalized spacial score (nSPS) is 13.8. The lowest BCUT2D eigenvalue weighted by molar-refractivity contribution is -0.137. The van der Waals surface area contributed by atoms with E-state index >= 15 is 0 Å². The van der Waals surface area contributed by atoms with Gasteiger partial charge in [0.1, 0.15) is 16.2 Å². The molecule has 1 aromatic heterocycles. The number of carbonyl (C=O) groups is 2. The summed E-state index contributed by atoms with van der Waals surface area (Å²) in [5.74, 6) is -3.92. The van der Waals surface area contributed by atoms with Gasteiger partial charge in [-0.2, -0.15) is 5.32 Å². The number of aromatic nitrogens is 2. The molecule has 0 saturated heterocycles. The number of rotatable bonds is 2. The molecule has 23 heavy (non-hydrogen) atoms. The molecule has 3 rings (SSSR count). The van der Waals surface area contributed by atoms with E-state index in [4.69, 9.17) is 11.6 Å². The first-order valence-corrected chi connectivity index (χ1v) is 7.28. The Morgan fingerprint density at radius 1 is 1.22 bits per heavy atom. The summed E-state index contributed by atoms with van der Waals surface area (Å²) in [7, 11) is 0. The molecule has 2 heterocycles. The van der Waals surface area contributed by atoms with Crippen LogP contribution in [0.25, 0.3) is 0 Å². The lowest BCUT2D eigenvalue weighted by Gasteiger charge is -2.26. The number of amides is 2. The first-order chi connectivity index (χ1) is 10.9. The number of hydrogen-bond donors (Lipinski definition) is 0. The van der Waals surface area contributed by atoms with Gasteiger partial charge >= 0.3 is 11.8 Å². The summed E-state index contributed by atoms with van der Waals surface area (Å²) < 4.78 is 27.7. The molecule has 0 spiro atoms. The van der Waals surface area contributed by atoms with Crippen molar-refractivity contribution >= 4 is 51.0 Å². The highest BCUT2D eigenvalue weighted by Gasteiger charge is 2.36. The van der Waals surface area contributed by atoms with Gasteiger partial charge in [0.15, 0.2) is 11.6 Å². The van der Waals surface area contributed by atoms with Crippen molar-refractivity contribution in [2.45, 2.75) is 6.54 Å². The van der Waals surface area contributed by atoms with Crippen LogP contribution in [0, 0.1) is 11.6 Å². The zero-order chi connectivity index (χ0) is 16.7. The molecule has 0 bridgehead atoms. The van der Waals surface area contributed by atoms with E-state index in [2.05, 4.69) is 31.2 Å². The maximum atomic E-state index is 13.9. The Balaban J connectivity index is 2.10. The van der Waals surface area contributed by atoms with Crippen LogP contribution in [0.1, 0.15) is 5.56 Å². The summed E-state index contributed by atoms with van der Waals surface area (Å²) in [5.41, 5.74) is -0.276. The van der Waals surface area contributed by atoms with E-state index in [0.29, 0.717) is 0 Å². The Morgan fingerprint density at radius 2 is 1.91 bits per heavy atom. The van der Waals surface area contributed by atoms with E-state index in [0.717, 1.165) is 17.0 Å². The molecule has 2 amide bonds. The molecule has 0 fully saturated rings. The highest BCUT2D eigenvalue weighted by molar-refractivity contribution is 9.10. The van der Waals surface area contributed by atoms with Gasteiger partial charge in [0, 0.05) is 5.56 Å². The van der Waals surface area contributed by atoms with Crippen molar-refractivity contribution in [2.75, 3.05) is 4.90 Å². The number of halogens is 4. The standard InChI is InChI=1S/C13H5BrClF2N4O2/c14-8-3-18-10-11(19-8)21(13(23)12(22)20-10)4-5-6(16)1-2-7(17)9(5)15/h1-3H,4H2. The Kier molecular flexibility index (Phi) is 3.99. The fourth-order valence-corrected chi connectivity index (χ4v) is 2.47. The average molecular weight is 403 g/mol.